The lowest BCUT2D eigenvalue weighted by molar-refractivity contribution is 0.246. The summed E-state index contributed by atoms with van der Waals surface area (Å²) < 4.78 is 0. The Hall–Kier alpha value is 0. The van der Waals surface area contributed by atoms with Gasteiger partial charge in [0.2, 0.25) is 0 Å². The smallest absolute Gasteiger partial charge is 0.0354 e. The highest BCUT2D eigenvalue weighted by atomic mass is 14.3. The van der Waals surface area contributed by atoms with Crippen molar-refractivity contribution in [3.8, 4) is 0 Å². The lowest BCUT2D eigenvalue weighted by Gasteiger charge is -2.26. The van der Waals surface area contributed by atoms with Crippen molar-refractivity contribution in [1.29, 1.82) is 0 Å². The normalized spacial score (nSPS) is 20.7. The summed E-state index contributed by atoms with van der Waals surface area (Å²) in [6, 6.07) is 0. The second kappa shape index (κ2) is 9.11. The molecule has 0 saturated heterocycles. The summed E-state index contributed by atoms with van der Waals surface area (Å²) in [5.41, 5.74) is 1.16. The molecule has 0 aliphatic heterocycles. The molecule has 0 heteroatoms. The van der Waals surface area contributed by atoms with Crippen LogP contribution in [-0.4, -0.2) is 0 Å². The zero-order chi connectivity index (χ0) is 13.8. The van der Waals surface area contributed by atoms with Crippen LogP contribution >= 0.6 is 0 Å². The molecule has 124 valence electrons. The molecule has 20 heavy (non-hydrogen) atoms. The molecule has 2 rings (SSSR count). The summed E-state index contributed by atoms with van der Waals surface area (Å²) in [6.07, 6.45) is 11.8. The van der Waals surface area contributed by atoms with E-state index in [1.807, 2.05) is 0 Å². The third-order valence-electron chi connectivity index (χ3n) is 5.16. The molecule has 2 aliphatic rings. The average Bonchev–Trinajstić information content (AvgIpc) is 2.91. The van der Waals surface area contributed by atoms with E-state index in [0.717, 1.165) is 11.8 Å². The fourth-order valence-corrected chi connectivity index (χ4v) is 3.58. The fraction of sp³-hybridized carbons (Fsp3) is 1.00. The molecule has 2 fully saturated rings. The predicted octanol–water partition coefficient (Wildman–Crippen LogP) is 7.72. The Bertz CT molecular complexity index is 187. The van der Waals surface area contributed by atoms with Gasteiger partial charge in [0.15, 0.2) is 0 Å². The van der Waals surface area contributed by atoms with Gasteiger partial charge in [0, 0.05) is 0 Å². The minimum absolute atomic E-state index is 0. The van der Waals surface area contributed by atoms with Crippen LogP contribution in [0.3, 0.4) is 0 Å². The van der Waals surface area contributed by atoms with Crippen molar-refractivity contribution in [3.63, 3.8) is 0 Å². The number of rotatable bonds is 0. The van der Waals surface area contributed by atoms with Crippen LogP contribution in [0.25, 0.3) is 0 Å². The first-order valence-electron chi connectivity index (χ1n) is 8.21. The van der Waals surface area contributed by atoms with Gasteiger partial charge in [-0.15, -0.1) is 0 Å². The Balaban J connectivity index is 0. The van der Waals surface area contributed by atoms with Crippen molar-refractivity contribution >= 4 is 0 Å². The average molecular weight is 285 g/mol. The second-order valence-electron chi connectivity index (χ2n) is 8.69. The molecule has 0 nitrogen and oxygen atoms in total. The van der Waals surface area contributed by atoms with Crippen LogP contribution < -0.4 is 0 Å². The first-order chi connectivity index (χ1) is 8.21. The van der Waals surface area contributed by atoms with Gasteiger partial charge in [-0.05, 0) is 48.3 Å². The standard InChI is InChI=1S/2C9H18.2CH4/c2*1-9(2,3)8-6-4-5-7-8;;/h2*8H,4-7H2,1-3H3;2*1H4. The molecule has 0 atom stereocenters. The van der Waals surface area contributed by atoms with E-state index in [1.165, 1.54) is 51.4 Å². The van der Waals surface area contributed by atoms with Gasteiger partial charge in [0.1, 0.15) is 0 Å². The van der Waals surface area contributed by atoms with Crippen LogP contribution in [0.4, 0.5) is 0 Å². The molecule has 0 N–H and O–H groups in total. The minimum atomic E-state index is 0. The van der Waals surface area contributed by atoms with Crippen molar-refractivity contribution in [2.75, 3.05) is 0 Å². The maximum absolute atomic E-state index is 2.36. The van der Waals surface area contributed by atoms with Gasteiger partial charge < -0.3 is 0 Å². The molecule has 0 heterocycles. The van der Waals surface area contributed by atoms with Gasteiger partial charge in [0.25, 0.3) is 0 Å². The van der Waals surface area contributed by atoms with Gasteiger partial charge in [-0.1, -0.05) is 82.1 Å². The van der Waals surface area contributed by atoms with Crippen molar-refractivity contribution in [3.05, 3.63) is 0 Å². The summed E-state index contributed by atoms with van der Waals surface area (Å²) in [5, 5.41) is 0. The molecule has 0 aromatic heterocycles. The second-order valence-corrected chi connectivity index (χ2v) is 8.69. The van der Waals surface area contributed by atoms with E-state index in [4.69, 9.17) is 0 Å². The lowest BCUT2D eigenvalue weighted by atomic mass is 9.80. The lowest BCUT2D eigenvalue weighted by Crippen LogP contribution is -2.16. The number of hydrogen-bond acceptors (Lipinski definition) is 0. The van der Waals surface area contributed by atoms with Crippen LogP contribution in [-0.2, 0) is 0 Å². The molecule has 0 aromatic rings. The van der Waals surface area contributed by atoms with Crippen LogP contribution in [0, 0.1) is 22.7 Å². The summed E-state index contributed by atoms with van der Waals surface area (Å²) in [7, 11) is 0. The van der Waals surface area contributed by atoms with Crippen LogP contribution in [0.5, 0.6) is 0 Å². The quantitative estimate of drug-likeness (QED) is 0.427. The first kappa shape index (κ1) is 22.3. The molecule has 0 unspecified atom stereocenters. The minimum Gasteiger partial charge on any atom is -0.0776 e. The van der Waals surface area contributed by atoms with Gasteiger partial charge >= 0.3 is 0 Å². The summed E-state index contributed by atoms with van der Waals surface area (Å²) in [4.78, 5) is 0. The highest BCUT2D eigenvalue weighted by molar-refractivity contribution is 4.78. The highest BCUT2D eigenvalue weighted by Gasteiger charge is 2.27. The van der Waals surface area contributed by atoms with E-state index in [0.29, 0.717) is 10.8 Å². The molecule has 2 aliphatic carbocycles. The van der Waals surface area contributed by atoms with E-state index in [9.17, 15) is 0 Å². The van der Waals surface area contributed by atoms with Gasteiger partial charge in [-0.3, -0.25) is 0 Å². The van der Waals surface area contributed by atoms with Crippen molar-refractivity contribution in [1.82, 2.24) is 0 Å². The monoisotopic (exact) mass is 284 g/mol. The van der Waals surface area contributed by atoms with Gasteiger partial charge in [0.05, 0.1) is 0 Å². The van der Waals surface area contributed by atoms with Gasteiger partial charge in [-0.25, -0.2) is 0 Å². The SMILES string of the molecule is C.C.CC(C)(C)C1CCCC1.CC(C)(C)C1CCCC1. The Morgan fingerprint density at radius 1 is 0.500 bits per heavy atom. The molecular formula is C20H44. The van der Waals surface area contributed by atoms with E-state index in [2.05, 4.69) is 41.5 Å². The fourth-order valence-electron chi connectivity index (χ4n) is 3.58. The molecule has 0 radical (unpaired) electrons. The van der Waals surface area contributed by atoms with E-state index < -0.39 is 0 Å². The molecule has 0 bridgehead atoms. The van der Waals surface area contributed by atoms with E-state index >= 15 is 0 Å². The predicted molar refractivity (Wildman–Crippen MR) is 96.3 cm³/mol. The molecular weight excluding hydrogens is 240 g/mol. The Labute approximate surface area is 131 Å². The first-order valence-corrected chi connectivity index (χ1v) is 8.21. The maximum atomic E-state index is 2.36. The maximum Gasteiger partial charge on any atom is -0.0354 e. The van der Waals surface area contributed by atoms with E-state index in [1.54, 1.807) is 0 Å². The topological polar surface area (TPSA) is 0 Å². The van der Waals surface area contributed by atoms with Gasteiger partial charge in [-0.2, -0.15) is 0 Å². The Kier molecular flexibility index (Phi) is 10.1. The van der Waals surface area contributed by atoms with Crippen molar-refractivity contribution in [2.45, 2.75) is 108 Å². The Morgan fingerprint density at radius 3 is 0.800 bits per heavy atom. The van der Waals surface area contributed by atoms with Crippen molar-refractivity contribution < 1.29 is 0 Å². The largest absolute Gasteiger partial charge is 0.0776 e. The molecule has 0 aromatic carbocycles. The third-order valence-corrected chi connectivity index (χ3v) is 5.16. The third kappa shape index (κ3) is 7.70. The number of hydrogen-bond donors (Lipinski definition) is 0. The zero-order valence-electron chi connectivity index (χ0n) is 13.8. The van der Waals surface area contributed by atoms with Crippen molar-refractivity contribution in [2.24, 2.45) is 22.7 Å². The molecule has 2 saturated carbocycles. The van der Waals surface area contributed by atoms with Crippen LogP contribution in [0.2, 0.25) is 0 Å². The zero-order valence-corrected chi connectivity index (χ0v) is 13.8. The summed E-state index contributed by atoms with van der Waals surface area (Å²) in [5.74, 6) is 2.02. The molecule has 0 spiro atoms. The van der Waals surface area contributed by atoms with E-state index in [-0.39, 0.29) is 14.9 Å². The summed E-state index contributed by atoms with van der Waals surface area (Å²) in [6.45, 7) is 14.2. The summed E-state index contributed by atoms with van der Waals surface area (Å²) >= 11 is 0. The Morgan fingerprint density at radius 2 is 0.700 bits per heavy atom. The molecule has 0 amide bonds. The van der Waals surface area contributed by atoms with Crippen LogP contribution in [0.1, 0.15) is 108 Å². The highest BCUT2D eigenvalue weighted by Crippen LogP contribution is 2.39. The van der Waals surface area contributed by atoms with Crippen LogP contribution in [0.15, 0.2) is 0 Å².